The highest BCUT2D eigenvalue weighted by Gasteiger charge is 2.53. The molecule has 2 heterocycles. The highest BCUT2D eigenvalue weighted by Crippen LogP contribution is 2.43. The van der Waals surface area contributed by atoms with Crippen molar-refractivity contribution in [2.24, 2.45) is 5.73 Å². The van der Waals surface area contributed by atoms with E-state index in [9.17, 15) is 19.2 Å². The highest BCUT2D eigenvalue weighted by atomic mass is 32.2. The van der Waals surface area contributed by atoms with Crippen molar-refractivity contribution in [2.75, 3.05) is 5.75 Å². The first-order valence-electron chi connectivity index (χ1n) is 10.4. The minimum absolute atomic E-state index is 0.00230. The molecule has 7 nitrogen and oxygen atoms in total. The van der Waals surface area contributed by atoms with E-state index in [1.165, 1.54) is 16.7 Å². The molecule has 0 aliphatic carbocycles. The molecule has 8 heteroatoms. The van der Waals surface area contributed by atoms with Gasteiger partial charge in [0, 0.05) is 22.5 Å². The molecule has 33 heavy (non-hydrogen) atoms. The van der Waals surface area contributed by atoms with Gasteiger partial charge >= 0.3 is 5.97 Å². The number of benzene rings is 2. The van der Waals surface area contributed by atoms with Gasteiger partial charge < -0.3 is 10.5 Å². The van der Waals surface area contributed by atoms with Crippen LogP contribution >= 0.6 is 11.8 Å². The van der Waals surface area contributed by atoms with Gasteiger partial charge in [0.25, 0.3) is 0 Å². The number of carbonyl (C=O) groups excluding carboxylic acids is 2. The van der Waals surface area contributed by atoms with Crippen LogP contribution in [-0.2, 0) is 14.3 Å². The maximum absolute atomic E-state index is 13.6. The molecule has 1 amide bonds. The maximum atomic E-state index is 13.6. The summed E-state index contributed by atoms with van der Waals surface area (Å²) in [6, 6.07) is 17.8. The molecule has 1 saturated heterocycles. The van der Waals surface area contributed by atoms with Crippen molar-refractivity contribution in [3.63, 3.8) is 0 Å². The average Bonchev–Trinajstić information content (AvgIpc) is 2.87. The van der Waals surface area contributed by atoms with Gasteiger partial charge in [-0.3, -0.25) is 19.3 Å². The van der Waals surface area contributed by atoms with Crippen LogP contribution in [0.1, 0.15) is 28.4 Å². The van der Waals surface area contributed by atoms with Crippen LogP contribution in [-0.4, -0.2) is 33.9 Å². The topological polar surface area (TPSA) is 107 Å². The van der Waals surface area contributed by atoms with Crippen LogP contribution < -0.4 is 16.6 Å². The molecule has 0 bridgehead atoms. The van der Waals surface area contributed by atoms with Crippen molar-refractivity contribution in [1.82, 2.24) is 4.90 Å². The first kappa shape index (κ1) is 21.4. The molecule has 2 atom stereocenters. The molecule has 0 saturated carbocycles. The number of nitrogens with zero attached hydrogens (tertiary/aromatic N) is 1. The van der Waals surface area contributed by atoms with Crippen LogP contribution in [0.4, 0.5) is 0 Å². The Morgan fingerprint density at radius 1 is 1.00 bits per heavy atom. The van der Waals surface area contributed by atoms with E-state index in [0.717, 1.165) is 11.1 Å². The van der Waals surface area contributed by atoms with Crippen LogP contribution in [0.2, 0.25) is 0 Å². The lowest BCUT2D eigenvalue weighted by Gasteiger charge is -2.48. The second-order valence-corrected chi connectivity index (χ2v) is 9.13. The minimum atomic E-state index is -0.735. The predicted molar refractivity (Wildman–Crippen MR) is 125 cm³/mol. The molecule has 166 valence electrons. The van der Waals surface area contributed by atoms with Crippen molar-refractivity contribution in [2.45, 2.75) is 24.4 Å². The third-order valence-corrected chi connectivity index (χ3v) is 7.38. The maximum Gasteiger partial charge on any atom is 0.356 e. The zero-order valence-corrected chi connectivity index (χ0v) is 18.5. The Kier molecular flexibility index (Phi) is 5.26. The molecule has 5 rings (SSSR count). The quantitative estimate of drug-likeness (QED) is 0.352. The summed E-state index contributed by atoms with van der Waals surface area (Å²) in [5.41, 5.74) is 7.09. The fourth-order valence-corrected chi connectivity index (χ4v) is 5.61. The van der Waals surface area contributed by atoms with Crippen molar-refractivity contribution >= 4 is 29.2 Å². The third kappa shape index (κ3) is 3.34. The van der Waals surface area contributed by atoms with Gasteiger partial charge in [-0.2, -0.15) is 0 Å². The Morgan fingerprint density at radius 3 is 2.12 bits per heavy atom. The number of fused-ring (bicyclic) bond motifs is 1. The number of amides is 1. The summed E-state index contributed by atoms with van der Waals surface area (Å²) >= 11 is 1.37. The fourth-order valence-electron chi connectivity index (χ4n) is 4.31. The Labute approximate surface area is 193 Å². The summed E-state index contributed by atoms with van der Waals surface area (Å²) in [6.45, 7) is 1.55. The number of hydrogen-bond acceptors (Lipinski definition) is 7. The molecule has 2 aliphatic rings. The Bertz CT molecular complexity index is 1320. The zero-order valence-electron chi connectivity index (χ0n) is 17.7. The van der Waals surface area contributed by atoms with Gasteiger partial charge in [0.05, 0.1) is 0 Å². The average molecular weight is 461 g/mol. The van der Waals surface area contributed by atoms with Crippen LogP contribution in [0.25, 0.3) is 5.57 Å². The van der Waals surface area contributed by atoms with E-state index < -0.39 is 40.3 Å². The molecular weight excluding hydrogens is 440 g/mol. The van der Waals surface area contributed by atoms with E-state index in [4.69, 9.17) is 10.5 Å². The third-order valence-electron chi connectivity index (χ3n) is 6.08. The molecule has 3 aromatic carbocycles. The van der Waals surface area contributed by atoms with Crippen LogP contribution in [0.5, 0.6) is 0 Å². The summed E-state index contributed by atoms with van der Waals surface area (Å²) in [5, 5.41) is -0.414. The summed E-state index contributed by atoms with van der Waals surface area (Å²) in [6.07, 6.45) is -0.722. The van der Waals surface area contributed by atoms with Gasteiger partial charge in [0.15, 0.2) is 6.10 Å². The molecule has 3 aromatic rings. The van der Waals surface area contributed by atoms with Crippen LogP contribution in [0.3, 0.4) is 0 Å². The number of rotatable bonds is 5. The lowest BCUT2D eigenvalue weighted by Crippen LogP contribution is -2.68. The highest BCUT2D eigenvalue weighted by molar-refractivity contribution is 8.00. The van der Waals surface area contributed by atoms with Gasteiger partial charge in [0.1, 0.15) is 17.1 Å². The van der Waals surface area contributed by atoms with E-state index in [-0.39, 0.29) is 17.0 Å². The van der Waals surface area contributed by atoms with Crippen LogP contribution in [0, 0.1) is 6.92 Å². The van der Waals surface area contributed by atoms with Gasteiger partial charge in [-0.25, -0.2) is 4.79 Å². The molecule has 1 fully saturated rings. The number of nitrogens with two attached hydrogens (primary N) is 1. The van der Waals surface area contributed by atoms with Gasteiger partial charge in [-0.05, 0) is 18.1 Å². The summed E-state index contributed by atoms with van der Waals surface area (Å²) < 4.78 is 5.99. The van der Waals surface area contributed by atoms with Gasteiger partial charge in [0.2, 0.25) is 16.8 Å². The summed E-state index contributed by atoms with van der Waals surface area (Å²) in [5.74, 6) is -0.871. The molecular formula is C25H20N2O5S. The van der Waals surface area contributed by atoms with E-state index >= 15 is 0 Å². The van der Waals surface area contributed by atoms with Crippen molar-refractivity contribution in [3.05, 3.63) is 109 Å². The predicted octanol–water partition coefficient (Wildman–Crippen LogP) is 1.88. The second-order valence-electron chi connectivity index (χ2n) is 8.03. The molecule has 0 radical (unpaired) electrons. The fraction of sp³-hybridized carbons (Fsp3) is 0.200. The number of carbonyl (C=O) groups is 2. The smallest absolute Gasteiger partial charge is 0.356 e. The molecule has 0 spiro atoms. The molecule has 2 N–H and O–H groups in total. The number of thioether (sulfide) groups is 1. The zero-order chi connectivity index (χ0) is 23.3. The lowest BCUT2D eigenvalue weighted by atomic mass is 9.92. The van der Waals surface area contributed by atoms with Gasteiger partial charge in [-0.15, -0.1) is 11.8 Å². The first-order valence-corrected chi connectivity index (χ1v) is 11.5. The molecule has 1 unspecified atom stereocenters. The number of hydrogen-bond donors (Lipinski definition) is 1. The van der Waals surface area contributed by atoms with Crippen molar-refractivity contribution in [1.29, 1.82) is 0 Å². The second kappa shape index (κ2) is 8.13. The largest absolute Gasteiger partial charge is 0.448 e. The number of β-lactam (4-membered cyclic amide) rings is 1. The van der Waals surface area contributed by atoms with E-state index in [1.807, 2.05) is 60.7 Å². The first-order chi connectivity index (χ1) is 15.9. The summed E-state index contributed by atoms with van der Waals surface area (Å²) in [7, 11) is 0. The lowest BCUT2D eigenvalue weighted by molar-refractivity contribution is -0.152. The summed E-state index contributed by atoms with van der Waals surface area (Å²) in [4.78, 5) is 51.7. The van der Waals surface area contributed by atoms with Crippen molar-refractivity contribution < 1.29 is 14.3 Å². The molecule has 0 aromatic heterocycles. The number of esters is 1. The Hall–Kier alpha value is -3.49. The molecule has 2 aliphatic heterocycles. The monoisotopic (exact) mass is 460 g/mol. The van der Waals surface area contributed by atoms with Crippen LogP contribution in [0.15, 0.2) is 75.9 Å². The SMILES string of the molecule is Cc1c(C2=C(C(=O)OC(c3ccccc3)c3ccccc3)N3C(=O)C(N)[C@@H]3SC2)c(=O)c1=O. The van der Waals surface area contributed by atoms with Crippen molar-refractivity contribution in [3.8, 4) is 0 Å². The Balaban J connectivity index is 1.59. The minimum Gasteiger partial charge on any atom is -0.448 e. The normalized spacial score (nSPS) is 20.1. The number of ether oxygens (including phenoxy) is 1. The standard InChI is InChI=1S/C25H20N2O5S/c1-13-17(21(29)20(13)28)16-12-33-24-18(26)23(30)27(24)19(16)25(31)32-22(14-8-4-2-5-9-14)15-10-6-3-7-11-15/h2-11,18,22,24H,12,26H2,1H3/t18?,24-/m0/s1. The van der Waals surface area contributed by atoms with Gasteiger partial charge in [-0.1, -0.05) is 60.7 Å². The van der Waals surface area contributed by atoms with E-state index in [2.05, 4.69) is 0 Å². The Morgan fingerprint density at radius 2 is 1.58 bits per heavy atom. The van der Waals surface area contributed by atoms with E-state index in [1.54, 1.807) is 6.92 Å². The van der Waals surface area contributed by atoms with E-state index in [0.29, 0.717) is 11.1 Å².